The van der Waals surface area contributed by atoms with Crippen LogP contribution in [0.5, 0.6) is 0 Å². The summed E-state index contributed by atoms with van der Waals surface area (Å²) in [5.74, 6) is -0.151. The van der Waals surface area contributed by atoms with Crippen molar-refractivity contribution in [2.24, 2.45) is 5.92 Å². The van der Waals surface area contributed by atoms with Gasteiger partial charge in [0.25, 0.3) is 0 Å². The summed E-state index contributed by atoms with van der Waals surface area (Å²) in [6.07, 6.45) is -0.695. The van der Waals surface area contributed by atoms with Crippen molar-refractivity contribution in [1.82, 2.24) is 15.6 Å². The fourth-order valence-electron chi connectivity index (χ4n) is 3.17. The van der Waals surface area contributed by atoms with E-state index in [0.29, 0.717) is 13.1 Å². The summed E-state index contributed by atoms with van der Waals surface area (Å²) in [6.45, 7) is 4.94. The van der Waals surface area contributed by atoms with Crippen LogP contribution in [0, 0.1) is 5.92 Å². The number of rotatable bonds is 10. The summed E-state index contributed by atoms with van der Waals surface area (Å²) >= 11 is 1.42. The molecule has 9 heteroatoms. The maximum atomic E-state index is 13.2. The molecule has 0 aliphatic rings. The van der Waals surface area contributed by atoms with Gasteiger partial charge in [-0.2, -0.15) is 0 Å². The van der Waals surface area contributed by atoms with Crippen molar-refractivity contribution in [1.29, 1.82) is 0 Å². The molecule has 0 aliphatic heterocycles. The predicted molar refractivity (Wildman–Crippen MR) is 125 cm³/mol. The number of nitrogens with zero attached hydrogens (tertiary/aromatic N) is 1. The lowest BCUT2D eigenvalue weighted by Crippen LogP contribution is -2.46. The minimum Gasteiger partial charge on any atom is -0.390 e. The van der Waals surface area contributed by atoms with Crippen LogP contribution in [0.25, 0.3) is 10.2 Å². The highest BCUT2D eigenvalue weighted by atomic mass is 35.5. The third-order valence-electron chi connectivity index (χ3n) is 4.68. The number of aromatic nitrogens is 1. The Morgan fingerprint density at radius 1 is 1.10 bits per heavy atom. The van der Waals surface area contributed by atoms with Crippen molar-refractivity contribution < 1.29 is 13.5 Å². The van der Waals surface area contributed by atoms with E-state index in [1.807, 2.05) is 44.2 Å². The van der Waals surface area contributed by atoms with Gasteiger partial charge in [-0.25, -0.2) is 13.4 Å². The van der Waals surface area contributed by atoms with Crippen LogP contribution in [0.15, 0.2) is 58.9 Å². The Hall–Kier alpha value is -1.55. The van der Waals surface area contributed by atoms with Crippen LogP contribution in [0.2, 0.25) is 0 Å². The first kappa shape index (κ1) is 24.7. The number of nitrogens with one attached hydrogen (secondary N) is 2. The Kier molecular flexibility index (Phi) is 9.21. The molecule has 3 N–H and O–H groups in total. The number of fused-ring (bicyclic) bond motifs is 1. The van der Waals surface area contributed by atoms with Gasteiger partial charge in [0.2, 0.25) is 0 Å². The highest BCUT2D eigenvalue weighted by Gasteiger charge is 2.30. The molecule has 1 aromatic heterocycles. The Morgan fingerprint density at radius 3 is 2.53 bits per heavy atom. The van der Waals surface area contributed by atoms with E-state index < -0.39 is 21.3 Å². The molecule has 3 rings (SSSR count). The lowest BCUT2D eigenvalue weighted by atomic mass is 10.2. The molecule has 0 amide bonds. The van der Waals surface area contributed by atoms with Crippen LogP contribution >= 0.6 is 23.7 Å². The fourth-order valence-corrected chi connectivity index (χ4v) is 5.82. The van der Waals surface area contributed by atoms with E-state index in [2.05, 4.69) is 15.6 Å². The topological polar surface area (TPSA) is 91.3 Å². The molecule has 0 radical (unpaired) electrons. The summed E-state index contributed by atoms with van der Waals surface area (Å²) in [5.41, 5.74) is 3.63. The highest BCUT2D eigenvalue weighted by molar-refractivity contribution is 7.92. The Labute approximate surface area is 188 Å². The van der Waals surface area contributed by atoms with E-state index in [1.54, 1.807) is 23.7 Å². The van der Waals surface area contributed by atoms with Crippen LogP contribution < -0.4 is 10.6 Å². The molecule has 0 saturated carbocycles. The minimum absolute atomic E-state index is 0. The van der Waals surface area contributed by atoms with Gasteiger partial charge >= 0.3 is 0 Å². The average Bonchev–Trinajstić information content (AvgIpc) is 3.16. The number of hydrogen-bond donors (Lipinski definition) is 3. The van der Waals surface area contributed by atoms with Gasteiger partial charge in [0.1, 0.15) is 5.37 Å². The van der Waals surface area contributed by atoms with Crippen molar-refractivity contribution in [3.8, 4) is 0 Å². The van der Waals surface area contributed by atoms with Crippen LogP contribution in [0.1, 0.15) is 19.4 Å². The number of benzene rings is 2. The number of thiazole rings is 1. The molecule has 0 saturated heterocycles. The van der Waals surface area contributed by atoms with Gasteiger partial charge in [0, 0.05) is 19.6 Å². The third kappa shape index (κ3) is 6.23. The number of hydrogen-bond acceptors (Lipinski definition) is 7. The maximum absolute atomic E-state index is 13.2. The first-order chi connectivity index (χ1) is 13.9. The van der Waals surface area contributed by atoms with Crippen LogP contribution in [0.3, 0.4) is 0 Å². The Morgan fingerprint density at radius 2 is 1.83 bits per heavy atom. The van der Waals surface area contributed by atoms with E-state index in [4.69, 9.17) is 0 Å². The Bertz CT molecular complexity index is 1030. The smallest absolute Gasteiger partial charge is 0.194 e. The Balaban J connectivity index is 0.00000320. The van der Waals surface area contributed by atoms with Gasteiger partial charge in [-0.15, -0.1) is 23.7 Å². The SMILES string of the molecule is CC(C)[C@@H](NC[C@H](O)CNCc1ccccc1)S(=O)(=O)c1ccc2ncsc2c1.Cl. The molecule has 0 bridgehead atoms. The van der Waals surface area contributed by atoms with Gasteiger partial charge in [-0.3, -0.25) is 5.32 Å². The van der Waals surface area contributed by atoms with Crippen molar-refractivity contribution >= 4 is 43.8 Å². The first-order valence-corrected chi connectivity index (χ1v) is 12.0. The number of aliphatic hydroxyl groups excluding tert-OH is 1. The molecule has 0 spiro atoms. The van der Waals surface area contributed by atoms with Gasteiger partial charge in [0.05, 0.1) is 26.7 Å². The molecular formula is C21H28ClN3O3S2. The van der Waals surface area contributed by atoms with Gasteiger partial charge in [-0.05, 0) is 29.7 Å². The largest absolute Gasteiger partial charge is 0.390 e. The minimum atomic E-state index is -3.59. The predicted octanol–water partition coefficient (Wildman–Crippen LogP) is 3.21. The summed E-state index contributed by atoms with van der Waals surface area (Å²) in [6, 6.07) is 14.9. The second-order valence-electron chi connectivity index (χ2n) is 7.37. The number of aliphatic hydroxyl groups is 1. The molecule has 0 aliphatic carbocycles. The highest BCUT2D eigenvalue weighted by Crippen LogP contribution is 2.25. The molecule has 6 nitrogen and oxygen atoms in total. The third-order valence-corrected chi connectivity index (χ3v) is 7.76. The zero-order chi connectivity index (χ0) is 20.9. The molecule has 2 atom stereocenters. The molecular weight excluding hydrogens is 442 g/mol. The quantitative estimate of drug-likeness (QED) is 0.422. The molecule has 30 heavy (non-hydrogen) atoms. The molecule has 2 aromatic carbocycles. The van der Waals surface area contributed by atoms with E-state index in [0.717, 1.165) is 15.8 Å². The lowest BCUT2D eigenvalue weighted by Gasteiger charge is -2.24. The van der Waals surface area contributed by atoms with Crippen LogP contribution in [-0.4, -0.2) is 43.1 Å². The molecule has 0 unspecified atom stereocenters. The van der Waals surface area contributed by atoms with Crippen molar-refractivity contribution in [2.45, 2.75) is 36.8 Å². The van der Waals surface area contributed by atoms with Crippen molar-refractivity contribution in [2.75, 3.05) is 13.1 Å². The summed E-state index contributed by atoms with van der Waals surface area (Å²) in [4.78, 5) is 4.47. The van der Waals surface area contributed by atoms with Gasteiger partial charge in [-0.1, -0.05) is 44.2 Å². The molecule has 3 aromatic rings. The van der Waals surface area contributed by atoms with Gasteiger partial charge < -0.3 is 10.4 Å². The summed E-state index contributed by atoms with van der Waals surface area (Å²) in [7, 11) is -3.59. The van der Waals surface area contributed by atoms with Crippen molar-refractivity contribution in [3.05, 3.63) is 59.6 Å². The zero-order valence-electron chi connectivity index (χ0n) is 17.0. The second kappa shape index (κ2) is 11.2. The normalized spacial score (nSPS) is 13.9. The summed E-state index contributed by atoms with van der Waals surface area (Å²) in [5, 5.41) is 15.8. The first-order valence-electron chi connectivity index (χ1n) is 9.61. The zero-order valence-corrected chi connectivity index (χ0v) is 19.4. The standard InChI is InChI=1S/C21H27N3O3S2.ClH/c1-15(2)21(23-13-17(25)12-22-11-16-6-4-3-5-7-16)29(26,27)18-8-9-19-20(10-18)28-14-24-19;/h3-10,14-15,17,21-23,25H,11-13H2,1-2H3;1H/t17-,21+;/m1./s1. The molecule has 1 heterocycles. The van der Waals surface area contributed by atoms with Crippen LogP contribution in [-0.2, 0) is 16.4 Å². The lowest BCUT2D eigenvalue weighted by molar-refractivity contribution is 0.165. The van der Waals surface area contributed by atoms with E-state index in [1.165, 1.54) is 11.3 Å². The van der Waals surface area contributed by atoms with E-state index in [9.17, 15) is 13.5 Å². The monoisotopic (exact) mass is 469 g/mol. The van der Waals surface area contributed by atoms with E-state index in [-0.39, 0.29) is 29.8 Å². The second-order valence-corrected chi connectivity index (χ2v) is 10.3. The molecule has 0 fully saturated rings. The van der Waals surface area contributed by atoms with Gasteiger partial charge in [0.15, 0.2) is 9.84 Å². The molecule has 164 valence electrons. The van der Waals surface area contributed by atoms with Crippen LogP contribution in [0.4, 0.5) is 0 Å². The summed E-state index contributed by atoms with van der Waals surface area (Å²) < 4.78 is 27.2. The number of halogens is 1. The number of sulfone groups is 1. The average molecular weight is 470 g/mol. The maximum Gasteiger partial charge on any atom is 0.194 e. The van der Waals surface area contributed by atoms with Crippen molar-refractivity contribution in [3.63, 3.8) is 0 Å². The van der Waals surface area contributed by atoms with E-state index >= 15 is 0 Å². The fraction of sp³-hybridized carbons (Fsp3) is 0.381.